The predicted octanol–water partition coefficient (Wildman–Crippen LogP) is 1.17. The number of hydrogen-bond acceptors (Lipinski definition) is 3. The van der Waals surface area contributed by atoms with E-state index >= 15 is 0 Å². The van der Waals surface area contributed by atoms with E-state index < -0.39 is 29.8 Å². The van der Waals surface area contributed by atoms with Crippen LogP contribution >= 0.6 is 0 Å². The summed E-state index contributed by atoms with van der Waals surface area (Å²) in [6.07, 6.45) is -5.75. The highest BCUT2D eigenvalue weighted by Gasteiger charge is 2.41. The predicted molar refractivity (Wildman–Crippen MR) is 68.9 cm³/mol. The zero-order valence-corrected chi connectivity index (χ0v) is 12.1. The summed E-state index contributed by atoms with van der Waals surface area (Å²) in [7, 11) is 0. The first-order chi connectivity index (χ1) is 9.41. The summed E-state index contributed by atoms with van der Waals surface area (Å²) in [5.41, 5.74) is -0.610. The van der Waals surface area contributed by atoms with Crippen molar-refractivity contribution in [3.63, 3.8) is 0 Å². The van der Waals surface area contributed by atoms with Gasteiger partial charge in [-0.15, -0.1) is 0 Å². The SMILES string of the molecule is CC(C)(C)N(C[C@@H]1C[C@H](NC(=O)C(F)(F)F)CN1)C(=O)O. The minimum absolute atomic E-state index is 0.150. The van der Waals surface area contributed by atoms with Crippen LogP contribution in [0.3, 0.4) is 0 Å². The fourth-order valence-electron chi connectivity index (χ4n) is 2.19. The summed E-state index contributed by atoms with van der Waals surface area (Å²) in [6.45, 7) is 5.54. The van der Waals surface area contributed by atoms with Gasteiger partial charge in [-0.3, -0.25) is 4.79 Å². The summed E-state index contributed by atoms with van der Waals surface area (Å²) in [5, 5.41) is 14.0. The summed E-state index contributed by atoms with van der Waals surface area (Å²) in [6, 6.07) is -0.946. The molecule has 3 N–H and O–H groups in total. The molecule has 6 nitrogen and oxygen atoms in total. The number of rotatable bonds is 3. The van der Waals surface area contributed by atoms with Crippen molar-refractivity contribution in [1.29, 1.82) is 0 Å². The number of amides is 2. The van der Waals surface area contributed by atoms with E-state index in [4.69, 9.17) is 5.11 Å². The smallest absolute Gasteiger partial charge is 0.465 e. The molecule has 1 saturated heterocycles. The largest absolute Gasteiger partial charge is 0.471 e. The van der Waals surface area contributed by atoms with Crippen LogP contribution in [0.5, 0.6) is 0 Å². The average molecular weight is 311 g/mol. The second-order valence-corrected chi connectivity index (χ2v) is 6.07. The Morgan fingerprint density at radius 2 is 1.90 bits per heavy atom. The molecule has 1 rings (SSSR count). The molecule has 1 aliphatic heterocycles. The zero-order valence-electron chi connectivity index (χ0n) is 12.1. The highest BCUT2D eigenvalue weighted by Crippen LogP contribution is 2.19. The van der Waals surface area contributed by atoms with Crippen LogP contribution in [0, 0.1) is 0 Å². The number of halogens is 3. The van der Waals surface area contributed by atoms with Gasteiger partial charge in [0.15, 0.2) is 0 Å². The Morgan fingerprint density at radius 3 is 2.33 bits per heavy atom. The lowest BCUT2D eigenvalue weighted by molar-refractivity contribution is -0.174. The highest BCUT2D eigenvalue weighted by atomic mass is 19.4. The Balaban J connectivity index is 2.55. The van der Waals surface area contributed by atoms with Gasteiger partial charge in [-0.05, 0) is 27.2 Å². The quantitative estimate of drug-likeness (QED) is 0.731. The number of carbonyl (C=O) groups is 2. The second kappa shape index (κ2) is 6.08. The maximum absolute atomic E-state index is 12.2. The molecule has 0 aromatic rings. The molecule has 0 aromatic heterocycles. The van der Waals surface area contributed by atoms with E-state index in [1.165, 1.54) is 4.90 Å². The normalized spacial score (nSPS) is 23.0. The molecule has 122 valence electrons. The molecule has 1 fully saturated rings. The minimum atomic E-state index is -4.91. The van der Waals surface area contributed by atoms with Crippen molar-refractivity contribution in [1.82, 2.24) is 15.5 Å². The van der Waals surface area contributed by atoms with Crippen LogP contribution in [0.2, 0.25) is 0 Å². The molecule has 0 unspecified atom stereocenters. The second-order valence-electron chi connectivity index (χ2n) is 6.07. The Hall–Kier alpha value is -1.51. The molecule has 0 bridgehead atoms. The Kier molecular flexibility index (Phi) is 5.08. The lowest BCUT2D eigenvalue weighted by Gasteiger charge is -2.35. The average Bonchev–Trinajstić information content (AvgIpc) is 2.70. The van der Waals surface area contributed by atoms with Crippen molar-refractivity contribution < 1.29 is 27.9 Å². The number of carboxylic acid groups (broad SMARTS) is 1. The van der Waals surface area contributed by atoms with Crippen LogP contribution in [-0.4, -0.2) is 58.9 Å². The van der Waals surface area contributed by atoms with E-state index in [9.17, 15) is 22.8 Å². The fraction of sp³-hybridized carbons (Fsp3) is 0.833. The standard InChI is InChI=1S/C12H20F3N3O3/c1-11(2,3)18(10(20)21)6-8-4-7(5-16-8)17-9(19)12(13,14)15/h7-8,16H,4-6H2,1-3H3,(H,17,19)(H,20,21)/t7-,8-/m0/s1. The van der Waals surface area contributed by atoms with E-state index in [0.29, 0.717) is 0 Å². The molecule has 0 aromatic carbocycles. The van der Waals surface area contributed by atoms with Crippen LogP contribution in [0.4, 0.5) is 18.0 Å². The van der Waals surface area contributed by atoms with Gasteiger partial charge in [0.05, 0.1) is 0 Å². The molecular formula is C12H20F3N3O3. The van der Waals surface area contributed by atoms with E-state index in [1.54, 1.807) is 20.8 Å². The van der Waals surface area contributed by atoms with Crippen LogP contribution in [0.25, 0.3) is 0 Å². The number of hydrogen-bond donors (Lipinski definition) is 3. The molecule has 0 radical (unpaired) electrons. The van der Waals surface area contributed by atoms with Crippen molar-refractivity contribution in [3.8, 4) is 0 Å². The summed E-state index contributed by atoms with van der Waals surface area (Å²) < 4.78 is 36.5. The van der Waals surface area contributed by atoms with Crippen LogP contribution in [-0.2, 0) is 4.79 Å². The lowest BCUT2D eigenvalue weighted by Crippen LogP contribution is -2.50. The first-order valence-electron chi connectivity index (χ1n) is 6.53. The van der Waals surface area contributed by atoms with Crippen LogP contribution < -0.4 is 10.6 Å². The van der Waals surface area contributed by atoms with Gasteiger partial charge in [-0.25, -0.2) is 4.79 Å². The molecule has 0 saturated carbocycles. The van der Waals surface area contributed by atoms with Crippen LogP contribution in [0.15, 0.2) is 0 Å². The number of nitrogens with zero attached hydrogens (tertiary/aromatic N) is 1. The summed E-state index contributed by atoms with van der Waals surface area (Å²) in [5.74, 6) is -1.97. The fourth-order valence-corrected chi connectivity index (χ4v) is 2.19. The molecule has 9 heteroatoms. The van der Waals surface area contributed by atoms with Gasteiger partial charge in [0.1, 0.15) is 0 Å². The third-order valence-electron chi connectivity index (χ3n) is 3.26. The van der Waals surface area contributed by atoms with Crippen molar-refractivity contribution in [2.24, 2.45) is 0 Å². The van der Waals surface area contributed by atoms with Crippen molar-refractivity contribution in [3.05, 3.63) is 0 Å². The van der Waals surface area contributed by atoms with Gasteiger partial charge >= 0.3 is 18.2 Å². The van der Waals surface area contributed by atoms with E-state index in [0.717, 1.165) is 0 Å². The monoisotopic (exact) mass is 311 g/mol. The Labute approximate surface area is 120 Å². The van der Waals surface area contributed by atoms with Gasteiger partial charge < -0.3 is 20.6 Å². The third kappa shape index (κ3) is 5.07. The lowest BCUT2D eigenvalue weighted by atomic mass is 10.0. The highest BCUT2D eigenvalue weighted by molar-refractivity contribution is 5.82. The summed E-state index contributed by atoms with van der Waals surface area (Å²) in [4.78, 5) is 23.3. The van der Waals surface area contributed by atoms with E-state index in [-0.39, 0.29) is 25.6 Å². The van der Waals surface area contributed by atoms with E-state index in [1.807, 2.05) is 5.32 Å². The Bertz CT molecular complexity index is 407. The first kappa shape index (κ1) is 17.5. The van der Waals surface area contributed by atoms with Gasteiger partial charge in [-0.2, -0.15) is 13.2 Å². The maximum Gasteiger partial charge on any atom is 0.471 e. The molecular weight excluding hydrogens is 291 g/mol. The van der Waals surface area contributed by atoms with Gasteiger partial charge in [0.25, 0.3) is 0 Å². The van der Waals surface area contributed by atoms with Crippen molar-refractivity contribution >= 4 is 12.0 Å². The summed E-state index contributed by atoms with van der Waals surface area (Å²) >= 11 is 0. The van der Waals surface area contributed by atoms with Gasteiger partial charge in [0, 0.05) is 30.7 Å². The molecule has 0 aliphatic carbocycles. The molecule has 1 heterocycles. The maximum atomic E-state index is 12.2. The van der Waals surface area contributed by atoms with Crippen molar-refractivity contribution in [2.45, 2.75) is 51.0 Å². The molecule has 1 aliphatic rings. The minimum Gasteiger partial charge on any atom is -0.465 e. The van der Waals surface area contributed by atoms with E-state index in [2.05, 4.69) is 5.32 Å². The first-order valence-corrected chi connectivity index (χ1v) is 6.53. The zero-order chi connectivity index (χ0) is 16.4. The number of alkyl halides is 3. The van der Waals surface area contributed by atoms with Crippen LogP contribution in [0.1, 0.15) is 27.2 Å². The Morgan fingerprint density at radius 1 is 1.33 bits per heavy atom. The topological polar surface area (TPSA) is 81.7 Å². The molecule has 0 spiro atoms. The van der Waals surface area contributed by atoms with Gasteiger partial charge in [-0.1, -0.05) is 0 Å². The van der Waals surface area contributed by atoms with Gasteiger partial charge in [0.2, 0.25) is 0 Å². The number of carbonyl (C=O) groups excluding carboxylic acids is 1. The number of nitrogens with one attached hydrogen (secondary N) is 2. The van der Waals surface area contributed by atoms with Crippen molar-refractivity contribution in [2.75, 3.05) is 13.1 Å². The molecule has 2 amide bonds. The molecule has 2 atom stereocenters. The molecule has 21 heavy (non-hydrogen) atoms. The third-order valence-corrected chi connectivity index (χ3v) is 3.26.